The Morgan fingerprint density at radius 3 is 2.23 bits per heavy atom. The van der Waals surface area contributed by atoms with Crippen LogP contribution in [0.2, 0.25) is 0 Å². The maximum Gasteiger partial charge on any atom is 0.251 e. The van der Waals surface area contributed by atoms with Gasteiger partial charge >= 0.3 is 0 Å². The predicted molar refractivity (Wildman–Crippen MR) is 135 cm³/mol. The molecule has 3 fully saturated rings. The molecule has 1 atom stereocenters. The zero-order chi connectivity index (χ0) is 24.5. The van der Waals surface area contributed by atoms with Crippen LogP contribution in [0.15, 0.2) is 65.6 Å². The quantitative estimate of drug-likeness (QED) is 0.596. The van der Waals surface area contributed by atoms with E-state index in [-0.39, 0.29) is 29.2 Å². The Morgan fingerprint density at radius 1 is 0.943 bits per heavy atom. The molecular weight excluding hydrogens is 462 g/mol. The minimum absolute atomic E-state index is 0.0721. The van der Waals surface area contributed by atoms with Gasteiger partial charge in [-0.1, -0.05) is 49.2 Å². The van der Waals surface area contributed by atoms with Crippen molar-refractivity contribution >= 4 is 33.6 Å². The lowest BCUT2D eigenvalue weighted by Crippen LogP contribution is -2.70. The highest BCUT2D eigenvalue weighted by Crippen LogP contribution is 2.40. The summed E-state index contributed by atoms with van der Waals surface area (Å²) in [6.45, 7) is 1.06. The van der Waals surface area contributed by atoms with E-state index in [1.54, 1.807) is 12.1 Å². The number of hydrogen-bond donors (Lipinski definition) is 1. The van der Waals surface area contributed by atoms with Gasteiger partial charge in [0.25, 0.3) is 5.91 Å². The number of sulfonamides is 1. The molecule has 2 aromatic rings. The van der Waals surface area contributed by atoms with Crippen LogP contribution in [0.5, 0.6) is 0 Å². The highest BCUT2D eigenvalue weighted by molar-refractivity contribution is 7.89. The number of nitrogens with zero attached hydrogens (tertiary/aromatic N) is 2. The Bertz CT molecular complexity index is 1210. The summed E-state index contributed by atoms with van der Waals surface area (Å²) in [5.41, 5.74) is 0.304. The number of amides is 2. The van der Waals surface area contributed by atoms with Crippen LogP contribution in [-0.2, 0) is 19.6 Å². The SMILES string of the molecule is O=C1C[C@@](/C=C/c2ccccc2)(C(=O)NC2CCCC2)N1c1ccc(S(=O)(=O)N2CCCC2)cc1. The highest BCUT2D eigenvalue weighted by atomic mass is 32.2. The summed E-state index contributed by atoms with van der Waals surface area (Å²) in [6.07, 6.45) is 9.56. The number of rotatable bonds is 7. The number of anilines is 1. The molecule has 184 valence electrons. The van der Waals surface area contributed by atoms with Gasteiger partial charge in [-0.25, -0.2) is 8.42 Å². The lowest BCUT2D eigenvalue weighted by molar-refractivity contribution is -0.137. The van der Waals surface area contributed by atoms with Gasteiger partial charge in [-0.3, -0.25) is 14.5 Å². The molecule has 0 bridgehead atoms. The molecule has 3 aliphatic rings. The van der Waals surface area contributed by atoms with Gasteiger partial charge in [-0.15, -0.1) is 0 Å². The average molecular weight is 494 g/mol. The lowest BCUT2D eigenvalue weighted by atomic mass is 9.80. The molecule has 2 aliphatic heterocycles. The average Bonchev–Trinajstić information content (AvgIpc) is 3.57. The molecule has 8 heteroatoms. The number of nitrogens with one attached hydrogen (secondary N) is 1. The van der Waals surface area contributed by atoms with Crippen molar-refractivity contribution in [2.45, 2.75) is 61.4 Å². The number of β-lactam (4-membered cyclic amide) rings is 1. The monoisotopic (exact) mass is 493 g/mol. The summed E-state index contributed by atoms with van der Waals surface area (Å²) >= 11 is 0. The normalized spacial score (nSPS) is 23.7. The fraction of sp³-hybridized carbons (Fsp3) is 0.407. The Hall–Kier alpha value is -2.97. The van der Waals surface area contributed by atoms with E-state index in [0.29, 0.717) is 18.8 Å². The Balaban J connectivity index is 1.46. The van der Waals surface area contributed by atoms with Crippen LogP contribution in [-0.4, -0.2) is 49.2 Å². The van der Waals surface area contributed by atoms with E-state index >= 15 is 0 Å². The van der Waals surface area contributed by atoms with E-state index in [1.807, 2.05) is 42.5 Å². The summed E-state index contributed by atoms with van der Waals surface area (Å²) in [6, 6.07) is 16.1. The molecule has 0 spiro atoms. The molecule has 2 saturated heterocycles. The van der Waals surface area contributed by atoms with Crippen LogP contribution < -0.4 is 10.2 Å². The van der Waals surface area contributed by atoms with Crippen molar-refractivity contribution in [3.05, 3.63) is 66.2 Å². The topological polar surface area (TPSA) is 86.8 Å². The number of benzene rings is 2. The zero-order valence-corrected chi connectivity index (χ0v) is 20.5. The lowest BCUT2D eigenvalue weighted by Gasteiger charge is -2.49. The van der Waals surface area contributed by atoms with E-state index in [2.05, 4.69) is 5.32 Å². The largest absolute Gasteiger partial charge is 0.351 e. The van der Waals surface area contributed by atoms with E-state index in [4.69, 9.17) is 0 Å². The fourth-order valence-electron chi connectivity index (χ4n) is 5.31. The first kappa shape index (κ1) is 23.8. The first-order valence-electron chi connectivity index (χ1n) is 12.4. The molecule has 0 unspecified atom stereocenters. The Kier molecular flexibility index (Phi) is 6.51. The van der Waals surface area contributed by atoms with Crippen LogP contribution >= 0.6 is 0 Å². The summed E-state index contributed by atoms with van der Waals surface area (Å²) < 4.78 is 27.3. The van der Waals surface area contributed by atoms with Crippen LogP contribution in [0.25, 0.3) is 6.08 Å². The molecule has 7 nitrogen and oxygen atoms in total. The van der Waals surface area contributed by atoms with Gasteiger partial charge in [0.05, 0.1) is 11.3 Å². The van der Waals surface area contributed by atoms with E-state index < -0.39 is 15.6 Å². The van der Waals surface area contributed by atoms with E-state index in [9.17, 15) is 18.0 Å². The molecule has 0 radical (unpaired) electrons. The Labute approximate surface area is 206 Å². The van der Waals surface area contributed by atoms with Crippen molar-refractivity contribution in [1.82, 2.24) is 9.62 Å². The third kappa shape index (κ3) is 4.52. The van der Waals surface area contributed by atoms with Crippen LogP contribution in [0.4, 0.5) is 5.69 Å². The second-order valence-corrected chi connectivity index (χ2v) is 11.6. The standard InChI is InChI=1S/C27H31N3O4S/c31-25-20-27(17-16-21-8-2-1-3-9-21,26(32)28-22-10-4-5-11-22)30(25)23-12-14-24(15-13-23)35(33,34)29-18-6-7-19-29/h1-3,8-9,12-17,22H,4-7,10-11,18-20H2,(H,28,32)/b17-16+/t27-/m0/s1. The third-order valence-electron chi connectivity index (χ3n) is 7.30. The van der Waals surface area contributed by atoms with Gasteiger partial charge in [0.1, 0.15) is 0 Å². The van der Waals surface area contributed by atoms with Crippen molar-refractivity contribution < 1.29 is 18.0 Å². The molecule has 5 rings (SSSR count). The van der Waals surface area contributed by atoms with Crippen LogP contribution in [0.1, 0.15) is 50.5 Å². The molecule has 2 heterocycles. The minimum atomic E-state index is -3.55. The fourth-order valence-corrected chi connectivity index (χ4v) is 6.83. The first-order chi connectivity index (χ1) is 16.9. The summed E-state index contributed by atoms with van der Waals surface area (Å²) in [5, 5.41) is 3.16. The molecule has 2 amide bonds. The summed E-state index contributed by atoms with van der Waals surface area (Å²) in [7, 11) is -3.55. The van der Waals surface area contributed by atoms with Crippen molar-refractivity contribution in [2.24, 2.45) is 0 Å². The van der Waals surface area contributed by atoms with Crippen LogP contribution in [0.3, 0.4) is 0 Å². The first-order valence-corrected chi connectivity index (χ1v) is 13.8. The number of carbonyl (C=O) groups is 2. The van der Waals surface area contributed by atoms with Gasteiger partial charge in [0.2, 0.25) is 15.9 Å². The van der Waals surface area contributed by atoms with E-state index in [1.165, 1.54) is 21.3 Å². The second-order valence-electron chi connectivity index (χ2n) is 9.63. The van der Waals surface area contributed by atoms with Gasteiger partial charge in [0.15, 0.2) is 5.54 Å². The predicted octanol–water partition coefficient (Wildman–Crippen LogP) is 3.72. The number of carbonyl (C=O) groups excluding carboxylic acids is 2. The van der Waals surface area contributed by atoms with Crippen molar-refractivity contribution in [2.75, 3.05) is 18.0 Å². The molecule has 1 N–H and O–H groups in total. The minimum Gasteiger partial charge on any atom is -0.351 e. The van der Waals surface area contributed by atoms with Gasteiger partial charge in [-0.2, -0.15) is 4.31 Å². The van der Waals surface area contributed by atoms with Gasteiger partial charge in [-0.05, 0) is 61.6 Å². The number of hydrogen-bond acceptors (Lipinski definition) is 4. The molecule has 1 saturated carbocycles. The van der Waals surface area contributed by atoms with E-state index in [0.717, 1.165) is 44.1 Å². The molecular formula is C27H31N3O4S. The second kappa shape index (κ2) is 9.59. The van der Waals surface area contributed by atoms with Crippen molar-refractivity contribution in [3.63, 3.8) is 0 Å². The maximum atomic E-state index is 13.6. The molecule has 1 aliphatic carbocycles. The maximum absolute atomic E-state index is 13.6. The molecule has 2 aromatic carbocycles. The van der Waals surface area contributed by atoms with Crippen molar-refractivity contribution in [3.8, 4) is 0 Å². The zero-order valence-electron chi connectivity index (χ0n) is 19.7. The summed E-state index contributed by atoms with van der Waals surface area (Å²) in [5.74, 6) is -0.357. The van der Waals surface area contributed by atoms with Crippen LogP contribution in [0, 0.1) is 0 Å². The van der Waals surface area contributed by atoms with Gasteiger partial charge in [0, 0.05) is 24.8 Å². The van der Waals surface area contributed by atoms with Gasteiger partial charge < -0.3 is 5.32 Å². The highest BCUT2D eigenvalue weighted by Gasteiger charge is 2.56. The molecule has 0 aromatic heterocycles. The third-order valence-corrected chi connectivity index (χ3v) is 9.21. The Morgan fingerprint density at radius 2 is 1.60 bits per heavy atom. The summed E-state index contributed by atoms with van der Waals surface area (Å²) in [4.78, 5) is 28.2. The van der Waals surface area contributed by atoms with Crippen molar-refractivity contribution in [1.29, 1.82) is 0 Å². The smallest absolute Gasteiger partial charge is 0.251 e. The molecule has 35 heavy (non-hydrogen) atoms.